The zero-order chi connectivity index (χ0) is 19.1. The highest BCUT2D eigenvalue weighted by molar-refractivity contribution is 6.03. The van der Waals surface area contributed by atoms with Crippen LogP contribution in [0.4, 0.5) is 4.79 Å². The van der Waals surface area contributed by atoms with Gasteiger partial charge in [-0.3, -0.25) is 0 Å². The van der Waals surface area contributed by atoms with Crippen molar-refractivity contribution in [3.05, 3.63) is 70.3 Å². The van der Waals surface area contributed by atoms with Crippen molar-refractivity contribution in [2.24, 2.45) is 0 Å². The number of amides is 1. The molecular weight excluding hydrogens is 338 g/mol. The number of rotatable bonds is 6. The first-order valence-corrected chi connectivity index (χ1v) is 7.82. The van der Waals surface area contributed by atoms with E-state index in [9.17, 15) is 19.5 Å². The lowest BCUT2D eigenvalue weighted by Crippen LogP contribution is -2.26. The van der Waals surface area contributed by atoms with E-state index in [-0.39, 0.29) is 24.3 Å². The maximum absolute atomic E-state index is 12.0. The molecule has 0 bridgehead atoms. The summed E-state index contributed by atoms with van der Waals surface area (Å²) in [6, 6.07) is 12.1. The van der Waals surface area contributed by atoms with Gasteiger partial charge in [0.15, 0.2) is 0 Å². The Kier molecular flexibility index (Phi) is 6.32. The summed E-state index contributed by atoms with van der Waals surface area (Å²) in [7, 11) is 1.17. The second kappa shape index (κ2) is 8.66. The fraction of sp³-hybridized carbons (Fsp3) is 0.211. The Morgan fingerprint density at radius 2 is 1.77 bits per heavy atom. The predicted octanol–water partition coefficient (Wildman–Crippen LogP) is 2.91. The molecule has 0 aliphatic rings. The monoisotopic (exact) mass is 357 g/mol. The number of benzene rings is 2. The second-order valence-electron chi connectivity index (χ2n) is 5.50. The molecule has 2 aromatic carbocycles. The zero-order valence-corrected chi connectivity index (χ0v) is 14.4. The molecule has 26 heavy (non-hydrogen) atoms. The molecule has 0 aromatic heterocycles. The van der Waals surface area contributed by atoms with E-state index in [0.29, 0.717) is 11.1 Å². The van der Waals surface area contributed by atoms with E-state index in [4.69, 9.17) is 4.74 Å². The van der Waals surface area contributed by atoms with Gasteiger partial charge < -0.3 is 19.9 Å². The molecule has 0 radical (unpaired) electrons. The minimum absolute atomic E-state index is 0.0645. The molecule has 0 aliphatic heterocycles. The normalized spacial score (nSPS) is 10.1. The van der Waals surface area contributed by atoms with Crippen molar-refractivity contribution >= 4 is 18.0 Å². The quantitative estimate of drug-likeness (QED) is 0.771. The number of hydrogen-bond acceptors (Lipinski definition) is 5. The zero-order valence-electron chi connectivity index (χ0n) is 14.4. The maximum Gasteiger partial charge on any atom is 0.407 e. The van der Waals surface area contributed by atoms with Gasteiger partial charge in [0, 0.05) is 6.54 Å². The average Bonchev–Trinajstić information content (AvgIpc) is 2.65. The lowest BCUT2D eigenvalue weighted by molar-refractivity contribution is 0.0580. The van der Waals surface area contributed by atoms with Crippen LogP contribution in [-0.4, -0.2) is 30.2 Å². The van der Waals surface area contributed by atoms with E-state index in [1.54, 1.807) is 13.0 Å². The molecule has 0 atom stereocenters. The van der Waals surface area contributed by atoms with Crippen molar-refractivity contribution in [1.82, 2.24) is 5.32 Å². The first-order chi connectivity index (χ1) is 12.4. The van der Waals surface area contributed by atoms with Crippen LogP contribution < -0.4 is 5.32 Å². The van der Waals surface area contributed by atoms with Crippen molar-refractivity contribution in [1.29, 1.82) is 0 Å². The van der Waals surface area contributed by atoms with Gasteiger partial charge in [-0.1, -0.05) is 36.4 Å². The summed E-state index contributed by atoms with van der Waals surface area (Å²) in [5, 5.41) is 11.8. The van der Waals surface area contributed by atoms with Gasteiger partial charge >= 0.3 is 18.0 Å². The summed E-state index contributed by atoms with van der Waals surface area (Å²) in [5.74, 6) is -2.03. The molecular formula is C19H19NO6. The van der Waals surface area contributed by atoms with Gasteiger partial charge in [0.1, 0.15) is 6.61 Å². The fourth-order valence-corrected chi connectivity index (χ4v) is 2.43. The topological polar surface area (TPSA) is 102 Å². The van der Waals surface area contributed by atoms with Gasteiger partial charge in [-0.15, -0.1) is 0 Å². The molecule has 7 heteroatoms. The lowest BCUT2D eigenvalue weighted by atomic mass is 9.96. The number of carbonyl (C=O) groups is 3. The molecule has 2 rings (SSSR count). The fourth-order valence-electron chi connectivity index (χ4n) is 2.43. The van der Waals surface area contributed by atoms with E-state index >= 15 is 0 Å². The Bertz CT molecular complexity index is 816. The number of nitrogens with one attached hydrogen (secondary N) is 1. The van der Waals surface area contributed by atoms with E-state index in [0.717, 1.165) is 5.56 Å². The molecule has 7 nitrogen and oxygen atoms in total. The van der Waals surface area contributed by atoms with Crippen molar-refractivity contribution in [2.75, 3.05) is 7.11 Å². The SMILES string of the molecule is COC(=O)c1c(C(=O)O)ccc(C)c1CNC(=O)OCc1ccccc1. The molecule has 0 spiro atoms. The summed E-state index contributed by atoms with van der Waals surface area (Å²) < 4.78 is 9.80. The minimum atomic E-state index is -1.25. The third kappa shape index (κ3) is 4.60. The Morgan fingerprint density at radius 1 is 1.08 bits per heavy atom. The molecule has 0 saturated heterocycles. The summed E-state index contributed by atoms with van der Waals surface area (Å²) in [5.41, 5.74) is 1.59. The molecule has 2 N–H and O–H groups in total. The number of ether oxygens (including phenoxy) is 2. The number of esters is 1. The highest BCUT2D eigenvalue weighted by atomic mass is 16.5. The minimum Gasteiger partial charge on any atom is -0.478 e. The number of methoxy groups -OCH3 is 1. The highest BCUT2D eigenvalue weighted by Gasteiger charge is 2.23. The maximum atomic E-state index is 12.0. The van der Waals surface area contributed by atoms with Crippen LogP contribution in [0, 0.1) is 6.92 Å². The molecule has 0 heterocycles. The van der Waals surface area contributed by atoms with Crippen molar-refractivity contribution in [2.45, 2.75) is 20.1 Å². The molecule has 0 unspecified atom stereocenters. The first-order valence-electron chi connectivity index (χ1n) is 7.82. The van der Waals surface area contributed by atoms with Gasteiger partial charge in [-0.2, -0.15) is 0 Å². The number of hydrogen-bond donors (Lipinski definition) is 2. The van der Waals surface area contributed by atoms with Crippen LogP contribution in [0.3, 0.4) is 0 Å². The Balaban J connectivity index is 2.13. The number of carboxylic acids is 1. The van der Waals surface area contributed by atoms with E-state index < -0.39 is 18.0 Å². The summed E-state index contributed by atoms with van der Waals surface area (Å²) >= 11 is 0. The Morgan fingerprint density at radius 3 is 2.38 bits per heavy atom. The number of aryl methyl sites for hydroxylation is 1. The smallest absolute Gasteiger partial charge is 0.407 e. The van der Waals surface area contributed by atoms with Crippen molar-refractivity contribution in [3.63, 3.8) is 0 Å². The molecule has 2 aromatic rings. The Labute approximate surface area is 150 Å². The van der Waals surface area contributed by atoms with Crippen molar-refractivity contribution in [3.8, 4) is 0 Å². The van der Waals surface area contributed by atoms with Gasteiger partial charge in [-0.25, -0.2) is 14.4 Å². The predicted molar refractivity (Wildman–Crippen MR) is 92.9 cm³/mol. The standard InChI is InChI=1S/C19H19NO6/c1-12-8-9-14(17(21)22)16(18(23)25-2)15(12)10-20-19(24)26-11-13-6-4-3-5-7-13/h3-9H,10-11H2,1-2H3,(H,20,24)(H,21,22). The van der Waals surface area contributed by atoms with Gasteiger partial charge in [0.05, 0.1) is 18.2 Å². The van der Waals surface area contributed by atoms with Gasteiger partial charge in [0.2, 0.25) is 0 Å². The van der Waals surface area contributed by atoms with E-state index in [2.05, 4.69) is 10.1 Å². The Hall–Kier alpha value is -3.35. The van der Waals surface area contributed by atoms with Crippen LogP contribution in [0.5, 0.6) is 0 Å². The van der Waals surface area contributed by atoms with Crippen LogP contribution in [0.2, 0.25) is 0 Å². The number of carbonyl (C=O) groups excluding carboxylic acids is 2. The molecule has 0 aliphatic carbocycles. The third-order valence-electron chi connectivity index (χ3n) is 3.79. The van der Waals surface area contributed by atoms with Crippen LogP contribution in [-0.2, 0) is 22.6 Å². The van der Waals surface area contributed by atoms with Gasteiger partial charge in [0.25, 0.3) is 0 Å². The van der Waals surface area contributed by atoms with Crippen LogP contribution in [0.25, 0.3) is 0 Å². The summed E-state index contributed by atoms with van der Waals surface area (Å²) in [6.45, 7) is 1.75. The second-order valence-corrected chi connectivity index (χ2v) is 5.50. The lowest BCUT2D eigenvalue weighted by Gasteiger charge is -2.14. The number of alkyl carbamates (subject to hydrolysis) is 1. The molecule has 0 fully saturated rings. The number of carboxylic acid groups (broad SMARTS) is 1. The summed E-state index contributed by atoms with van der Waals surface area (Å²) in [6.07, 6.45) is -0.676. The summed E-state index contributed by atoms with van der Waals surface area (Å²) in [4.78, 5) is 35.3. The average molecular weight is 357 g/mol. The molecule has 1 amide bonds. The third-order valence-corrected chi connectivity index (χ3v) is 3.79. The van der Waals surface area contributed by atoms with Crippen molar-refractivity contribution < 1.29 is 29.0 Å². The molecule has 136 valence electrons. The van der Waals surface area contributed by atoms with E-state index in [1.165, 1.54) is 13.2 Å². The van der Waals surface area contributed by atoms with Crippen LogP contribution in [0.15, 0.2) is 42.5 Å². The first kappa shape index (κ1) is 19.0. The van der Waals surface area contributed by atoms with Gasteiger partial charge in [-0.05, 0) is 29.7 Å². The highest BCUT2D eigenvalue weighted by Crippen LogP contribution is 2.20. The van der Waals surface area contributed by atoms with Crippen LogP contribution in [0.1, 0.15) is 37.4 Å². The van der Waals surface area contributed by atoms with E-state index in [1.807, 2.05) is 30.3 Å². The largest absolute Gasteiger partial charge is 0.478 e. The number of aromatic carboxylic acids is 1. The van der Waals surface area contributed by atoms with Crippen LogP contribution >= 0.6 is 0 Å². The molecule has 0 saturated carbocycles.